The summed E-state index contributed by atoms with van der Waals surface area (Å²) in [6, 6.07) is 10.0. The topological polar surface area (TPSA) is 49.3 Å². The summed E-state index contributed by atoms with van der Waals surface area (Å²) in [6.07, 6.45) is 2.27. The van der Waals surface area contributed by atoms with Crippen molar-refractivity contribution in [3.63, 3.8) is 0 Å². The molecule has 0 aliphatic heterocycles. The Morgan fingerprint density at radius 1 is 1.32 bits per heavy atom. The van der Waals surface area contributed by atoms with Crippen LogP contribution in [0, 0.1) is 11.8 Å². The highest BCUT2D eigenvalue weighted by molar-refractivity contribution is 5.84. The lowest BCUT2D eigenvalue weighted by Gasteiger charge is -2.23. The number of amides is 1. The van der Waals surface area contributed by atoms with Crippen LogP contribution in [0.5, 0.6) is 0 Å². The molecule has 104 valence electrons. The molecule has 1 aliphatic rings. The maximum absolute atomic E-state index is 12.5. The molecule has 0 spiro atoms. The van der Waals surface area contributed by atoms with E-state index in [1.807, 2.05) is 44.2 Å². The number of aliphatic hydroxyl groups excluding tert-OH is 1. The van der Waals surface area contributed by atoms with Crippen molar-refractivity contribution in [3.8, 4) is 0 Å². The van der Waals surface area contributed by atoms with Gasteiger partial charge in [-0.2, -0.15) is 0 Å². The number of nitrogens with one attached hydrogen (secondary N) is 1. The van der Waals surface area contributed by atoms with Gasteiger partial charge in [0.15, 0.2) is 0 Å². The predicted octanol–water partition coefficient (Wildman–Crippen LogP) is 2.31. The highest BCUT2D eigenvalue weighted by Gasteiger charge is 2.37. The number of carbonyl (C=O) groups is 1. The van der Waals surface area contributed by atoms with E-state index >= 15 is 0 Å². The van der Waals surface area contributed by atoms with E-state index in [4.69, 9.17) is 5.11 Å². The number of aliphatic hydroxyl groups is 1. The van der Waals surface area contributed by atoms with Crippen molar-refractivity contribution in [2.45, 2.75) is 38.6 Å². The zero-order chi connectivity index (χ0) is 13.8. The van der Waals surface area contributed by atoms with Gasteiger partial charge in [0.25, 0.3) is 0 Å². The van der Waals surface area contributed by atoms with Gasteiger partial charge in [0, 0.05) is 12.6 Å². The lowest BCUT2D eigenvalue weighted by molar-refractivity contribution is -0.124. The number of hydrogen-bond donors (Lipinski definition) is 2. The molecule has 3 atom stereocenters. The summed E-state index contributed by atoms with van der Waals surface area (Å²) in [5, 5.41) is 12.2. The molecule has 3 unspecified atom stereocenters. The quantitative estimate of drug-likeness (QED) is 0.825. The Morgan fingerprint density at radius 3 is 2.47 bits per heavy atom. The van der Waals surface area contributed by atoms with Gasteiger partial charge in [-0.25, -0.2) is 0 Å². The normalized spacial score (nSPS) is 19.5. The number of benzene rings is 1. The fraction of sp³-hybridized carbons (Fsp3) is 0.562. The van der Waals surface area contributed by atoms with Crippen LogP contribution in [0.4, 0.5) is 0 Å². The van der Waals surface area contributed by atoms with Gasteiger partial charge in [0.1, 0.15) is 0 Å². The first-order chi connectivity index (χ1) is 9.13. The first-order valence-electron chi connectivity index (χ1n) is 7.09. The van der Waals surface area contributed by atoms with Crippen molar-refractivity contribution in [3.05, 3.63) is 35.9 Å². The van der Waals surface area contributed by atoms with Crippen molar-refractivity contribution in [2.75, 3.05) is 6.61 Å². The monoisotopic (exact) mass is 261 g/mol. The van der Waals surface area contributed by atoms with Gasteiger partial charge in [0.05, 0.1) is 5.92 Å². The van der Waals surface area contributed by atoms with E-state index in [1.165, 1.54) is 0 Å². The minimum atomic E-state index is -0.0328. The van der Waals surface area contributed by atoms with Gasteiger partial charge in [-0.1, -0.05) is 37.3 Å². The second kappa shape index (κ2) is 6.20. The first kappa shape index (κ1) is 14.1. The third-order valence-corrected chi connectivity index (χ3v) is 4.05. The maximum atomic E-state index is 12.5. The van der Waals surface area contributed by atoms with Crippen LogP contribution in [-0.4, -0.2) is 23.7 Å². The van der Waals surface area contributed by atoms with Gasteiger partial charge < -0.3 is 10.4 Å². The summed E-state index contributed by atoms with van der Waals surface area (Å²) >= 11 is 0. The van der Waals surface area contributed by atoms with Crippen LogP contribution in [0.25, 0.3) is 0 Å². The van der Waals surface area contributed by atoms with E-state index in [2.05, 4.69) is 5.32 Å². The average molecular weight is 261 g/mol. The van der Waals surface area contributed by atoms with Crippen molar-refractivity contribution >= 4 is 5.91 Å². The Bertz CT molecular complexity index is 414. The molecule has 3 heteroatoms. The highest BCUT2D eigenvalue weighted by Crippen LogP contribution is 2.42. The minimum Gasteiger partial charge on any atom is -0.396 e. The molecule has 0 radical (unpaired) electrons. The Kier molecular flexibility index (Phi) is 4.59. The molecule has 19 heavy (non-hydrogen) atoms. The molecule has 0 aromatic heterocycles. The molecule has 1 amide bonds. The third-order valence-electron chi connectivity index (χ3n) is 4.05. The highest BCUT2D eigenvalue weighted by atomic mass is 16.3. The van der Waals surface area contributed by atoms with E-state index in [0.29, 0.717) is 5.92 Å². The van der Waals surface area contributed by atoms with E-state index in [-0.39, 0.29) is 30.4 Å². The zero-order valence-electron chi connectivity index (χ0n) is 11.7. The molecule has 1 saturated carbocycles. The van der Waals surface area contributed by atoms with Gasteiger partial charge in [-0.3, -0.25) is 4.79 Å². The smallest absolute Gasteiger partial charge is 0.228 e. The van der Waals surface area contributed by atoms with Gasteiger partial charge in [-0.15, -0.1) is 0 Å². The molecule has 1 aromatic carbocycles. The summed E-state index contributed by atoms with van der Waals surface area (Å²) in [6.45, 7) is 3.99. The van der Waals surface area contributed by atoms with Crippen LogP contribution in [0.1, 0.15) is 38.2 Å². The van der Waals surface area contributed by atoms with Crippen molar-refractivity contribution in [2.24, 2.45) is 11.8 Å². The van der Waals surface area contributed by atoms with E-state index in [1.54, 1.807) is 0 Å². The number of carbonyl (C=O) groups excluding carboxylic acids is 1. The van der Waals surface area contributed by atoms with Crippen LogP contribution in [0.2, 0.25) is 0 Å². The summed E-state index contributed by atoms with van der Waals surface area (Å²) in [4.78, 5) is 12.5. The Hall–Kier alpha value is -1.35. The lowest BCUT2D eigenvalue weighted by atomic mass is 9.92. The Balaban J connectivity index is 2.06. The van der Waals surface area contributed by atoms with E-state index in [9.17, 15) is 4.79 Å². The van der Waals surface area contributed by atoms with E-state index in [0.717, 1.165) is 18.4 Å². The SMILES string of the molecule is CC(CO)C(C)NC(=O)C(c1ccccc1)C1CC1. The summed E-state index contributed by atoms with van der Waals surface area (Å²) < 4.78 is 0. The molecular formula is C16H23NO2. The molecule has 3 nitrogen and oxygen atoms in total. The standard InChI is InChI=1S/C16H23NO2/c1-11(10-18)12(2)17-16(19)15(14-8-9-14)13-6-4-3-5-7-13/h3-7,11-12,14-15,18H,8-10H2,1-2H3,(H,17,19). The summed E-state index contributed by atoms with van der Waals surface area (Å²) in [5.74, 6) is 0.634. The van der Waals surface area contributed by atoms with E-state index < -0.39 is 0 Å². The molecule has 0 saturated heterocycles. The molecule has 2 N–H and O–H groups in total. The van der Waals surface area contributed by atoms with Crippen LogP contribution in [0.15, 0.2) is 30.3 Å². The predicted molar refractivity (Wildman–Crippen MR) is 75.8 cm³/mol. The van der Waals surface area contributed by atoms with Crippen molar-refractivity contribution in [1.82, 2.24) is 5.32 Å². The van der Waals surface area contributed by atoms with Crippen LogP contribution < -0.4 is 5.32 Å². The fourth-order valence-electron chi connectivity index (χ4n) is 2.34. The maximum Gasteiger partial charge on any atom is 0.228 e. The molecule has 2 rings (SSSR count). The van der Waals surface area contributed by atoms with Crippen LogP contribution >= 0.6 is 0 Å². The van der Waals surface area contributed by atoms with Gasteiger partial charge >= 0.3 is 0 Å². The molecule has 0 heterocycles. The number of rotatable bonds is 6. The molecule has 1 fully saturated rings. The second-order valence-corrected chi connectivity index (χ2v) is 5.68. The van der Waals surface area contributed by atoms with Crippen molar-refractivity contribution < 1.29 is 9.90 Å². The van der Waals surface area contributed by atoms with Gasteiger partial charge in [-0.05, 0) is 37.2 Å². The van der Waals surface area contributed by atoms with Crippen LogP contribution in [-0.2, 0) is 4.79 Å². The number of hydrogen-bond acceptors (Lipinski definition) is 2. The lowest BCUT2D eigenvalue weighted by Crippen LogP contribution is -2.41. The van der Waals surface area contributed by atoms with Crippen LogP contribution in [0.3, 0.4) is 0 Å². The second-order valence-electron chi connectivity index (χ2n) is 5.68. The van der Waals surface area contributed by atoms with Crippen molar-refractivity contribution in [1.29, 1.82) is 0 Å². The zero-order valence-corrected chi connectivity index (χ0v) is 11.7. The fourth-order valence-corrected chi connectivity index (χ4v) is 2.34. The molecule has 0 bridgehead atoms. The minimum absolute atomic E-state index is 0.00228. The first-order valence-corrected chi connectivity index (χ1v) is 7.09. The Labute approximate surface area is 115 Å². The molecule has 1 aliphatic carbocycles. The third kappa shape index (κ3) is 3.57. The average Bonchev–Trinajstić information content (AvgIpc) is 3.23. The molecular weight excluding hydrogens is 238 g/mol. The summed E-state index contributed by atoms with van der Waals surface area (Å²) in [5.41, 5.74) is 1.10. The Morgan fingerprint density at radius 2 is 1.95 bits per heavy atom. The van der Waals surface area contributed by atoms with Gasteiger partial charge in [0.2, 0.25) is 5.91 Å². The summed E-state index contributed by atoms with van der Waals surface area (Å²) in [7, 11) is 0. The largest absolute Gasteiger partial charge is 0.396 e. The molecule has 1 aromatic rings.